The number of hydrogen-bond acceptors (Lipinski definition) is 6. The summed E-state index contributed by atoms with van der Waals surface area (Å²) in [5.41, 5.74) is 2.03. The lowest BCUT2D eigenvalue weighted by Gasteiger charge is -2.32. The molecule has 0 bridgehead atoms. The molecule has 1 aliphatic heterocycles. The molecule has 2 atom stereocenters. The van der Waals surface area contributed by atoms with Crippen LogP contribution in [0.3, 0.4) is 0 Å². The van der Waals surface area contributed by atoms with Crippen LogP contribution < -0.4 is 5.32 Å². The molecule has 2 aromatic rings. The number of methoxy groups -OCH3 is 1. The molecule has 0 aromatic carbocycles. The fourth-order valence-electron chi connectivity index (χ4n) is 3.08. The van der Waals surface area contributed by atoms with Crippen LogP contribution in [0.2, 0.25) is 0 Å². The molecule has 1 fully saturated rings. The van der Waals surface area contributed by atoms with Gasteiger partial charge in [0.15, 0.2) is 5.76 Å². The van der Waals surface area contributed by atoms with Gasteiger partial charge < -0.3 is 19.3 Å². The summed E-state index contributed by atoms with van der Waals surface area (Å²) >= 11 is 0. The molecule has 7 nitrogen and oxygen atoms in total. The normalized spacial score (nSPS) is 21.7. The Balaban J connectivity index is 1.54. The van der Waals surface area contributed by atoms with Gasteiger partial charge in [-0.05, 0) is 18.9 Å². The molecule has 0 amide bonds. The topological polar surface area (TPSA) is 74.3 Å². The molecule has 2 aromatic heterocycles. The summed E-state index contributed by atoms with van der Waals surface area (Å²) in [6.07, 6.45) is 4.18. The van der Waals surface area contributed by atoms with Crippen LogP contribution in [0.15, 0.2) is 22.9 Å². The van der Waals surface area contributed by atoms with Crippen molar-refractivity contribution in [2.75, 3.05) is 20.3 Å². The summed E-state index contributed by atoms with van der Waals surface area (Å²) in [6.45, 7) is 2.83. The van der Waals surface area contributed by atoms with Gasteiger partial charge in [0.2, 0.25) is 0 Å². The first kappa shape index (κ1) is 16.2. The van der Waals surface area contributed by atoms with Crippen molar-refractivity contribution >= 4 is 0 Å². The van der Waals surface area contributed by atoms with Crippen molar-refractivity contribution in [1.29, 1.82) is 0 Å². The average molecular weight is 320 g/mol. The Hall–Kier alpha value is -1.70. The van der Waals surface area contributed by atoms with E-state index in [4.69, 9.17) is 14.0 Å². The van der Waals surface area contributed by atoms with Crippen LogP contribution in [0.1, 0.15) is 36.1 Å². The van der Waals surface area contributed by atoms with Crippen LogP contribution in [0, 0.1) is 5.92 Å². The number of rotatable bonds is 7. The smallest absolute Gasteiger partial charge is 0.162 e. The lowest BCUT2D eigenvalue weighted by molar-refractivity contribution is -0.0323. The summed E-state index contributed by atoms with van der Waals surface area (Å²) in [4.78, 5) is 0. The fourth-order valence-corrected chi connectivity index (χ4v) is 3.08. The van der Waals surface area contributed by atoms with Gasteiger partial charge >= 0.3 is 0 Å². The first-order chi connectivity index (χ1) is 11.3. The number of aryl methyl sites for hydroxylation is 1. The Morgan fingerprint density at radius 3 is 3.17 bits per heavy atom. The molecule has 7 heteroatoms. The van der Waals surface area contributed by atoms with Crippen molar-refractivity contribution in [3.8, 4) is 0 Å². The van der Waals surface area contributed by atoms with E-state index >= 15 is 0 Å². The highest BCUT2D eigenvalue weighted by atomic mass is 16.5. The van der Waals surface area contributed by atoms with Gasteiger partial charge in [-0.15, -0.1) is 0 Å². The first-order valence-corrected chi connectivity index (χ1v) is 8.01. The zero-order valence-corrected chi connectivity index (χ0v) is 13.7. The molecule has 3 heterocycles. The summed E-state index contributed by atoms with van der Waals surface area (Å²) in [6, 6.07) is 3.96. The van der Waals surface area contributed by atoms with Gasteiger partial charge in [0.25, 0.3) is 0 Å². The van der Waals surface area contributed by atoms with Crippen molar-refractivity contribution < 1.29 is 14.0 Å². The van der Waals surface area contributed by atoms with Gasteiger partial charge in [0.05, 0.1) is 11.4 Å². The second-order valence-corrected chi connectivity index (χ2v) is 5.92. The number of ether oxygens (including phenoxy) is 2. The number of hydrogen-bond donors (Lipinski definition) is 1. The number of aromatic nitrogens is 3. The second kappa shape index (κ2) is 7.72. The molecule has 0 unspecified atom stereocenters. The van der Waals surface area contributed by atoms with Crippen molar-refractivity contribution in [2.45, 2.75) is 32.1 Å². The molecule has 0 saturated carbocycles. The van der Waals surface area contributed by atoms with E-state index in [9.17, 15) is 0 Å². The highest BCUT2D eigenvalue weighted by Gasteiger charge is 2.29. The van der Waals surface area contributed by atoms with Gasteiger partial charge in [0, 0.05) is 52.0 Å². The third-order valence-corrected chi connectivity index (χ3v) is 4.20. The highest BCUT2D eigenvalue weighted by Crippen LogP contribution is 2.32. The van der Waals surface area contributed by atoms with Gasteiger partial charge in [-0.2, -0.15) is 5.10 Å². The molecule has 0 radical (unpaired) electrons. The van der Waals surface area contributed by atoms with Crippen LogP contribution in [0.25, 0.3) is 0 Å². The molecule has 1 saturated heterocycles. The molecule has 1 aliphatic rings. The zero-order valence-electron chi connectivity index (χ0n) is 13.7. The Bertz CT molecular complexity index is 610. The van der Waals surface area contributed by atoms with Crippen molar-refractivity contribution in [3.05, 3.63) is 35.5 Å². The molecule has 0 spiro atoms. The summed E-state index contributed by atoms with van der Waals surface area (Å²) in [5, 5.41) is 11.8. The summed E-state index contributed by atoms with van der Waals surface area (Å²) in [5.74, 6) is 1.18. The largest absolute Gasteiger partial charge is 0.377 e. The lowest BCUT2D eigenvalue weighted by Crippen LogP contribution is -2.32. The van der Waals surface area contributed by atoms with Gasteiger partial charge in [-0.25, -0.2) is 0 Å². The summed E-state index contributed by atoms with van der Waals surface area (Å²) in [7, 11) is 3.60. The molecule has 1 N–H and O–H groups in total. The maximum absolute atomic E-state index is 6.00. The minimum Gasteiger partial charge on any atom is -0.377 e. The molecule has 23 heavy (non-hydrogen) atoms. The monoisotopic (exact) mass is 320 g/mol. The maximum Gasteiger partial charge on any atom is 0.162 e. The SMILES string of the molecule is COCc1cc(CNC[C@@H]2CCCO[C@H]2c2ccnn2C)no1. The zero-order chi connectivity index (χ0) is 16.1. The Kier molecular flexibility index (Phi) is 5.43. The lowest BCUT2D eigenvalue weighted by atomic mass is 9.92. The summed E-state index contributed by atoms with van der Waals surface area (Å²) < 4.78 is 18.1. The minimum absolute atomic E-state index is 0.102. The number of nitrogens with zero attached hydrogens (tertiary/aromatic N) is 3. The van der Waals surface area contributed by atoms with E-state index in [1.807, 2.05) is 30.1 Å². The molecular weight excluding hydrogens is 296 g/mol. The van der Waals surface area contributed by atoms with E-state index < -0.39 is 0 Å². The Morgan fingerprint density at radius 1 is 1.48 bits per heavy atom. The van der Waals surface area contributed by atoms with E-state index in [1.54, 1.807) is 7.11 Å². The van der Waals surface area contributed by atoms with Gasteiger partial charge in [0.1, 0.15) is 12.7 Å². The molecule has 3 rings (SSSR count). The quantitative estimate of drug-likeness (QED) is 0.839. The van der Waals surface area contributed by atoms with Crippen LogP contribution in [-0.4, -0.2) is 35.2 Å². The van der Waals surface area contributed by atoms with Gasteiger partial charge in [-0.3, -0.25) is 4.68 Å². The predicted octanol–water partition coefficient (Wildman–Crippen LogP) is 1.81. The van der Waals surface area contributed by atoms with Crippen LogP contribution >= 0.6 is 0 Å². The second-order valence-electron chi connectivity index (χ2n) is 5.92. The third kappa shape index (κ3) is 3.99. The van der Waals surface area contributed by atoms with E-state index in [-0.39, 0.29) is 6.10 Å². The van der Waals surface area contributed by atoms with E-state index in [0.29, 0.717) is 19.1 Å². The van der Waals surface area contributed by atoms with Crippen LogP contribution in [0.5, 0.6) is 0 Å². The van der Waals surface area contributed by atoms with E-state index in [0.717, 1.165) is 43.1 Å². The van der Waals surface area contributed by atoms with Gasteiger partial charge in [-0.1, -0.05) is 5.16 Å². The third-order valence-electron chi connectivity index (χ3n) is 4.20. The number of nitrogens with one attached hydrogen (secondary N) is 1. The Morgan fingerprint density at radius 2 is 2.39 bits per heavy atom. The standard InChI is InChI=1S/C16H24N4O3/c1-20-15(5-6-18-20)16-12(4-3-7-22-16)9-17-10-13-8-14(11-21-2)23-19-13/h5-6,8,12,16-17H,3-4,7,9-11H2,1-2H3/t12-,16+/m0/s1. The van der Waals surface area contributed by atoms with E-state index in [1.165, 1.54) is 0 Å². The molecule has 126 valence electrons. The maximum atomic E-state index is 6.00. The predicted molar refractivity (Wildman–Crippen MR) is 83.5 cm³/mol. The molecular formula is C16H24N4O3. The fraction of sp³-hybridized carbons (Fsp3) is 0.625. The van der Waals surface area contributed by atoms with Crippen molar-refractivity contribution in [1.82, 2.24) is 20.3 Å². The van der Waals surface area contributed by atoms with Crippen LogP contribution in [-0.2, 0) is 29.7 Å². The minimum atomic E-state index is 0.102. The first-order valence-electron chi connectivity index (χ1n) is 8.01. The molecule has 0 aliphatic carbocycles. The van der Waals surface area contributed by atoms with Crippen molar-refractivity contribution in [3.63, 3.8) is 0 Å². The average Bonchev–Trinajstić information content (AvgIpc) is 3.17. The van der Waals surface area contributed by atoms with Crippen LogP contribution in [0.4, 0.5) is 0 Å². The van der Waals surface area contributed by atoms with Crippen molar-refractivity contribution in [2.24, 2.45) is 13.0 Å². The highest BCUT2D eigenvalue weighted by molar-refractivity contribution is 5.08. The van der Waals surface area contributed by atoms with E-state index in [2.05, 4.69) is 15.6 Å². The Labute approximate surface area is 135 Å².